The molecule has 2 atom stereocenters. The summed E-state index contributed by atoms with van der Waals surface area (Å²) in [7, 11) is -2.03. The lowest BCUT2D eigenvalue weighted by Crippen LogP contribution is -2.36. The van der Waals surface area contributed by atoms with E-state index in [-0.39, 0.29) is 11.8 Å². The van der Waals surface area contributed by atoms with Gasteiger partial charge in [0.05, 0.1) is 11.8 Å². The number of carbonyl (C=O) groups excluding carboxylic acids is 2. The highest BCUT2D eigenvalue weighted by Gasteiger charge is 2.37. The van der Waals surface area contributed by atoms with Gasteiger partial charge in [-0.1, -0.05) is 218 Å². The Labute approximate surface area is 343 Å². The van der Waals surface area contributed by atoms with Gasteiger partial charge < -0.3 is 10.6 Å². The SMILES string of the molecule is O=C(Nc1ccccc1P(c1ccccc1)c1ccccc1)[C@@H](c1ccccc1)[C@@H](C(=O)Nc1ccccc1P(c1ccccc1)c1ccccc1)c1ccccc1. The minimum absolute atomic E-state index is 0.261. The minimum Gasteiger partial charge on any atom is -0.325 e. The van der Waals surface area contributed by atoms with Crippen LogP contribution in [0.2, 0.25) is 0 Å². The Morgan fingerprint density at radius 3 is 0.845 bits per heavy atom. The molecule has 0 saturated carbocycles. The van der Waals surface area contributed by atoms with Gasteiger partial charge in [0.15, 0.2) is 0 Å². The van der Waals surface area contributed by atoms with Crippen LogP contribution in [0.15, 0.2) is 231 Å². The van der Waals surface area contributed by atoms with Crippen LogP contribution < -0.4 is 42.5 Å². The number of benzene rings is 8. The summed E-state index contributed by atoms with van der Waals surface area (Å²) in [6, 6.07) is 77.3. The van der Waals surface area contributed by atoms with Crippen LogP contribution in [-0.2, 0) is 9.59 Å². The van der Waals surface area contributed by atoms with E-state index in [0.717, 1.165) is 33.1 Å². The standard InChI is InChI=1S/C52H42N2O2P2/c55-51(53-45-35-19-21-37-47(45)57(41-27-11-3-12-28-41)42-29-13-4-14-30-42)49(39-23-7-1-8-24-39)50(40-25-9-2-10-26-40)52(56)54-46-36-20-22-38-48(46)58(43-31-15-5-16-32-43)44-33-17-6-18-34-44/h1-38,49-50H,(H,53,55)(H,54,56)/t49-,50-/m0/s1. The van der Waals surface area contributed by atoms with Crippen molar-refractivity contribution >= 4 is 70.9 Å². The molecule has 8 rings (SSSR count). The molecular weight excluding hydrogens is 747 g/mol. The minimum atomic E-state index is -1.02. The predicted molar refractivity (Wildman–Crippen MR) is 246 cm³/mol. The highest BCUT2D eigenvalue weighted by Crippen LogP contribution is 2.40. The maximum Gasteiger partial charge on any atom is 0.233 e. The number of amides is 2. The molecule has 0 aromatic heterocycles. The zero-order valence-electron chi connectivity index (χ0n) is 31.8. The van der Waals surface area contributed by atoms with Gasteiger partial charge in [-0.3, -0.25) is 9.59 Å². The molecule has 0 fully saturated rings. The quantitative estimate of drug-likeness (QED) is 0.115. The second-order valence-corrected chi connectivity index (χ2v) is 18.2. The van der Waals surface area contributed by atoms with Gasteiger partial charge in [-0.2, -0.15) is 0 Å². The molecule has 58 heavy (non-hydrogen) atoms. The Bertz CT molecular complexity index is 2300. The van der Waals surface area contributed by atoms with Crippen molar-refractivity contribution in [2.75, 3.05) is 10.6 Å². The number of para-hydroxylation sites is 2. The fourth-order valence-electron chi connectivity index (χ4n) is 7.44. The molecule has 6 heteroatoms. The lowest BCUT2D eigenvalue weighted by atomic mass is 9.80. The van der Waals surface area contributed by atoms with Crippen molar-refractivity contribution in [2.24, 2.45) is 0 Å². The first-order chi connectivity index (χ1) is 28.7. The Morgan fingerprint density at radius 2 is 0.552 bits per heavy atom. The third kappa shape index (κ3) is 8.75. The molecule has 2 amide bonds. The number of nitrogens with one attached hydrogen (secondary N) is 2. The summed E-state index contributed by atoms with van der Waals surface area (Å²) in [4.78, 5) is 30.4. The Morgan fingerprint density at radius 1 is 0.310 bits per heavy atom. The van der Waals surface area contributed by atoms with Crippen LogP contribution in [0.1, 0.15) is 23.0 Å². The van der Waals surface area contributed by atoms with Crippen molar-refractivity contribution in [3.8, 4) is 0 Å². The third-order valence-electron chi connectivity index (χ3n) is 10.1. The summed E-state index contributed by atoms with van der Waals surface area (Å²) in [6.45, 7) is 0. The van der Waals surface area contributed by atoms with E-state index >= 15 is 9.59 Å². The van der Waals surface area contributed by atoms with Crippen LogP contribution in [0.3, 0.4) is 0 Å². The number of anilines is 2. The Balaban J connectivity index is 1.20. The summed E-state index contributed by atoms with van der Waals surface area (Å²) >= 11 is 0. The summed E-state index contributed by atoms with van der Waals surface area (Å²) < 4.78 is 0. The number of carbonyl (C=O) groups is 2. The zero-order valence-corrected chi connectivity index (χ0v) is 33.6. The normalized spacial score (nSPS) is 12.1. The number of hydrogen-bond acceptors (Lipinski definition) is 2. The van der Waals surface area contributed by atoms with E-state index in [1.807, 2.05) is 121 Å². The molecule has 0 aliphatic carbocycles. The molecule has 0 unspecified atom stereocenters. The van der Waals surface area contributed by atoms with Crippen molar-refractivity contribution in [3.63, 3.8) is 0 Å². The Kier molecular flexibility index (Phi) is 12.4. The van der Waals surface area contributed by atoms with Crippen LogP contribution in [0, 0.1) is 0 Å². The summed E-state index contributed by atoms with van der Waals surface area (Å²) in [5.74, 6) is -2.26. The van der Waals surface area contributed by atoms with E-state index in [0.29, 0.717) is 0 Å². The average Bonchev–Trinajstić information content (AvgIpc) is 3.29. The molecule has 2 N–H and O–H groups in total. The van der Waals surface area contributed by atoms with Gasteiger partial charge >= 0.3 is 0 Å². The lowest BCUT2D eigenvalue weighted by molar-refractivity contribution is -0.124. The van der Waals surface area contributed by atoms with Gasteiger partial charge in [0.1, 0.15) is 0 Å². The third-order valence-corrected chi connectivity index (χ3v) is 15.1. The van der Waals surface area contributed by atoms with E-state index in [4.69, 9.17) is 0 Å². The fourth-order valence-corrected chi connectivity index (χ4v) is 12.2. The fraction of sp³-hybridized carbons (Fsp3) is 0.0385. The number of hydrogen-bond donors (Lipinski definition) is 2. The first-order valence-corrected chi connectivity index (χ1v) is 22.0. The summed E-state index contributed by atoms with van der Waals surface area (Å²) in [6.07, 6.45) is 0. The topological polar surface area (TPSA) is 58.2 Å². The van der Waals surface area contributed by atoms with Gasteiger partial charge in [-0.25, -0.2) is 0 Å². The highest BCUT2D eigenvalue weighted by molar-refractivity contribution is 7.80. The molecule has 0 bridgehead atoms. The molecule has 8 aromatic carbocycles. The molecule has 0 heterocycles. The van der Waals surface area contributed by atoms with E-state index in [1.54, 1.807) is 0 Å². The van der Waals surface area contributed by atoms with E-state index < -0.39 is 27.7 Å². The smallest absolute Gasteiger partial charge is 0.233 e. The van der Waals surface area contributed by atoms with Crippen LogP contribution in [-0.4, -0.2) is 11.8 Å². The van der Waals surface area contributed by atoms with Crippen molar-refractivity contribution < 1.29 is 9.59 Å². The average molecular weight is 789 g/mol. The van der Waals surface area contributed by atoms with Gasteiger partial charge in [-0.15, -0.1) is 0 Å². The Hall–Kier alpha value is -6.44. The van der Waals surface area contributed by atoms with Crippen molar-refractivity contribution in [3.05, 3.63) is 242 Å². The predicted octanol–water partition coefficient (Wildman–Crippen LogP) is 9.35. The number of rotatable bonds is 13. The van der Waals surface area contributed by atoms with E-state index in [2.05, 4.69) is 120 Å². The second-order valence-electron chi connectivity index (χ2n) is 13.8. The maximum absolute atomic E-state index is 15.2. The summed E-state index contributed by atoms with van der Waals surface area (Å²) in [5.41, 5.74) is 2.94. The second kappa shape index (κ2) is 18.7. The van der Waals surface area contributed by atoms with Gasteiger partial charge in [0.25, 0.3) is 0 Å². The van der Waals surface area contributed by atoms with Crippen LogP contribution in [0.4, 0.5) is 11.4 Å². The molecule has 0 saturated heterocycles. The van der Waals surface area contributed by atoms with Gasteiger partial charge in [0.2, 0.25) is 11.8 Å². The van der Waals surface area contributed by atoms with E-state index in [1.165, 1.54) is 21.2 Å². The first-order valence-electron chi connectivity index (χ1n) is 19.4. The van der Waals surface area contributed by atoms with Gasteiger partial charge in [0, 0.05) is 22.0 Å². The maximum atomic E-state index is 15.2. The molecule has 0 aliphatic heterocycles. The van der Waals surface area contributed by atoms with Crippen molar-refractivity contribution in [2.45, 2.75) is 11.8 Å². The van der Waals surface area contributed by atoms with E-state index in [9.17, 15) is 0 Å². The monoisotopic (exact) mass is 788 g/mol. The van der Waals surface area contributed by atoms with Gasteiger partial charge in [-0.05, 0) is 60.3 Å². The largest absolute Gasteiger partial charge is 0.325 e. The molecular formula is C52H42N2O2P2. The lowest BCUT2D eigenvalue weighted by Gasteiger charge is -2.29. The molecule has 0 spiro atoms. The van der Waals surface area contributed by atoms with Crippen LogP contribution in [0.25, 0.3) is 0 Å². The molecule has 4 nitrogen and oxygen atoms in total. The highest BCUT2D eigenvalue weighted by atomic mass is 31.1. The first kappa shape index (κ1) is 38.4. The molecule has 0 radical (unpaired) electrons. The molecule has 282 valence electrons. The molecule has 0 aliphatic rings. The zero-order chi connectivity index (χ0) is 39.5. The van der Waals surface area contributed by atoms with Crippen molar-refractivity contribution in [1.29, 1.82) is 0 Å². The van der Waals surface area contributed by atoms with Crippen LogP contribution >= 0.6 is 15.8 Å². The van der Waals surface area contributed by atoms with Crippen molar-refractivity contribution in [1.82, 2.24) is 0 Å². The van der Waals surface area contributed by atoms with Crippen LogP contribution in [0.5, 0.6) is 0 Å². The summed E-state index contributed by atoms with van der Waals surface area (Å²) in [5, 5.41) is 13.5. The molecule has 8 aromatic rings.